The lowest BCUT2D eigenvalue weighted by molar-refractivity contribution is -0.121. The van der Waals surface area contributed by atoms with E-state index in [0.717, 1.165) is 58.1 Å². The lowest BCUT2D eigenvalue weighted by atomic mass is 10.1. The molecular weight excluding hydrogens is 290 g/mol. The van der Waals surface area contributed by atoms with E-state index >= 15 is 0 Å². The molecule has 0 unspecified atom stereocenters. The number of carbonyl (C=O) groups excluding carboxylic acids is 1. The third-order valence-electron chi connectivity index (χ3n) is 4.13. The molecule has 1 fully saturated rings. The average Bonchev–Trinajstić information content (AvgIpc) is 2.58. The second kappa shape index (κ2) is 9.45. The number of aromatic nitrogens is 2. The van der Waals surface area contributed by atoms with E-state index in [0.29, 0.717) is 12.3 Å². The van der Waals surface area contributed by atoms with Gasteiger partial charge in [-0.1, -0.05) is 13.8 Å². The number of anilines is 1. The van der Waals surface area contributed by atoms with E-state index in [2.05, 4.69) is 38.9 Å². The van der Waals surface area contributed by atoms with Crippen LogP contribution in [0.25, 0.3) is 0 Å². The zero-order valence-corrected chi connectivity index (χ0v) is 14.4. The van der Waals surface area contributed by atoms with Gasteiger partial charge in [-0.05, 0) is 31.4 Å². The average molecular weight is 319 g/mol. The maximum atomic E-state index is 11.7. The molecule has 6 nitrogen and oxygen atoms in total. The number of hydrogen-bond acceptors (Lipinski definition) is 5. The second-order valence-corrected chi connectivity index (χ2v) is 6.51. The van der Waals surface area contributed by atoms with E-state index in [9.17, 15) is 4.79 Å². The van der Waals surface area contributed by atoms with Crippen molar-refractivity contribution in [3.8, 4) is 0 Å². The summed E-state index contributed by atoms with van der Waals surface area (Å²) in [6, 6.07) is 1.84. The van der Waals surface area contributed by atoms with Crippen LogP contribution in [0.15, 0.2) is 18.5 Å². The van der Waals surface area contributed by atoms with Gasteiger partial charge in [-0.25, -0.2) is 9.97 Å². The molecule has 0 spiro atoms. The quantitative estimate of drug-likeness (QED) is 0.737. The predicted octanol–water partition coefficient (Wildman–Crippen LogP) is 1.54. The third kappa shape index (κ3) is 6.52. The summed E-state index contributed by atoms with van der Waals surface area (Å²) in [6.45, 7) is 10.1. The Balaban J connectivity index is 1.56. The van der Waals surface area contributed by atoms with Crippen LogP contribution in [0.5, 0.6) is 0 Å². The summed E-state index contributed by atoms with van der Waals surface area (Å²) in [5, 5.41) is 3.02. The Hall–Kier alpha value is -1.69. The largest absolute Gasteiger partial charge is 0.356 e. The molecule has 1 aliphatic rings. The fourth-order valence-corrected chi connectivity index (χ4v) is 2.66. The van der Waals surface area contributed by atoms with Crippen LogP contribution >= 0.6 is 0 Å². The molecule has 0 bridgehead atoms. The van der Waals surface area contributed by atoms with Crippen molar-refractivity contribution in [3.05, 3.63) is 18.5 Å². The Morgan fingerprint density at radius 2 is 1.91 bits per heavy atom. The van der Waals surface area contributed by atoms with E-state index < -0.39 is 0 Å². The van der Waals surface area contributed by atoms with Crippen molar-refractivity contribution in [2.45, 2.75) is 33.1 Å². The minimum atomic E-state index is 0.185. The molecule has 1 N–H and O–H groups in total. The van der Waals surface area contributed by atoms with E-state index in [1.165, 1.54) is 0 Å². The van der Waals surface area contributed by atoms with E-state index in [4.69, 9.17) is 0 Å². The predicted molar refractivity (Wildman–Crippen MR) is 92.4 cm³/mol. The monoisotopic (exact) mass is 319 g/mol. The van der Waals surface area contributed by atoms with Gasteiger partial charge >= 0.3 is 0 Å². The molecule has 1 amide bonds. The highest BCUT2D eigenvalue weighted by molar-refractivity contribution is 5.75. The number of amides is 1. The summed E-state index contributed by atoms with van der Waals surface area (Å²) in [6.07, 6.45) is 6.20. The highest BCUT2D eigenvalue weighted by atomic mass is 16.1. The summed E-state index contributed by atoms with van der Waals surface area (Å²) in [5.74, 6) is 1.60. The van der Waals surface area contributed by atoms with Crippen molar-refractivity contribution in [1.29, 1.82) is 0 Å². The maximum absolute atomic E-state index is 11.7. The molecule has 23 heavy (non-hydrogen) atoms. The first-order valence-corrected chi connectivity index (χ1v) is 8.66. The van der Waals surface area contributed by atoms with Crippen LogP contribution in [0.2, 0.25) is 0 Å². The van der Waals surface area contributed by atoms with E-state index in [-0.39, 0.29) is 5.91 Å². The lowest BCUT2D eigenvalue weighted by Crippen LogP contribution is -2.47. The van der Waals surface area contributed by atoms with E-state index in [1.807, 2.05) is 6.07 Å². The minimum absolute atomic E-state index is 0.185. The van der Waals surface area contributed by atoms with Gasteiger partial charge in [0.05, 0.1) is 0 Å². The molecule has 0 aliphatic carbocycles. The molecule has 1 aromatic heterocycles. The summed E-state index contributed by atoms with van der Waals surface area (Å²) < 4.78 is 0. The normalized spacial score (nSPS) is 15.9. The first-order valence-electron chi connectivity index (χ1n) is 8.66. The van der Waals surface area contributed by atoms with Gasteiger partial charge in [0.2, 0.25) is 11.9 Å². The van der Waals surface area contributed by atoms with Gasteiger partial charge in [0.1, 0.15) is 0 Å². The molecule has 0 atom stereocenters. The lowest BCUT2D eigenvalue weighted by Gasteiger charge is -2.34. The van der Waals surface area contributed by atoms with Crippen molar-refractivity contribution >= 4 is 11.9 Å². The molecule has 1 saturated heterocycles. The zero-order valence-electron chi connectivity index (χ0n) is 14.4. The Morgan fingerprint density at radius 3 is 2.57 bits per heavy atom. The Morgan fingerprint density at radius 1 is 1.22 bits per heavy atom. The minimum Gasteiger partial charge on any atom is -0.356 e. The summed E-state index contributed by atoms with van der Waals surface area (Å²) in [7, 11) is 0. The Labute approximate surface area is 139 Å². The second-order valence-electron chi connectivity index (χ2n) is 6.51. The molecule has 1 aliphatic heterocycles. The molecule has 6 heteroatoms. The number of piperazine rings is 1. The molecule has 0 radical (unpaired) electrons. The van der Waals surface area contributed by atoms with Crippen LogP contribution in [0.3, 0.4) is 0 Å². The molecule has 2 rings (SSSR count). The van der Waals surface area contributed by atoms with Gasteiger partial charge in [0.25, 0.3) is 0 Å². The van der Waals surface area contributed by atoms with Gasteiger partial charge in [-0.2, -0.15) is 0 Å². The number of rotatable bonds is 8. The first kappa shape index (κ1) is 17.7. The van der Waals surface area contributed by atoms with Gasteiger partial charge in [-0.3, -0.25) is 9.69 Å². The SMILES string of the molecule is CC(C)CCC(=O)NCCCN1CCN(c2ncccn2)CC1. The van der Waals surface area contributed by atoms with Crippen LogP contribution in [-0.4, -0.2) is 60.0 Å². The van der Waals surface area contributed by atoms with Crippen LogP contribution in [-0.2, 0) is 4.79 Å². The highest BCUT2D eigenvalue weighted by Gasteiger charge is 2.18. The molecule has 0 saturated carbocycles. The summed E-state index contributed by atoms with van der Waals surface area (Å²) in [4.78, 5) is 24.9. The highest BCUT2D eigenvalue weighted by Crippen LogP contribution is 2.09. The van der Waals surface area contributed by atoms with Gasteiger partial charge in [0.15, 0.2) is 0 Å². The fourth-order valence-electron chi connectivity index (χ4n) is 2.66. The van der Waals surface area contributed by atoms with Gasteiger partial charge in [0, 0.05) is 51.5 Å². The fraction of sp³-hybridized carbons (Fsp3) is 0.706. The third-order valence-corrected chi connectivity index (χ3v) is 4.13. The maximum Gasteiger partial charge on any atom is 0.225 e. The molecule has 1 aromatic rings. The number of nitrogens with one attached hydrogen (secondary N) is 1. The standard InChI is InChI=1S/C17H29N5O/c1-15(2)5-6-16(23)18-9-4-10-21-11-13-22(14-12-21)17-19-7-3-8-20-17/h3,7-8,15H,4-6,9-14H2,1-2H3,(H,18,23). The van der Waals surface area contributed by atoms with Crippen molar-refractivity contribution in [2.24, 2.45) is 5.92 Å². The Bertz CT molecular complexity index is 457. The Kier molecular flexibility index (Phi) is 7.26. The molecule has 128 valence electrons. The van der Waals surface area contributed by atoms with Crippen LogP contribution in [0, 0.1) is 5.92 Å². The van der Waals surface area contributed by atoms with Crippen molar-refractivity contribution < 1.29 is 4.79 Å². The summed E-state index contributed by atoms with van der Waals surface area (Å²) >= 11 is 0. The van der Waals surface area contributed by atoms with E-state index in [1.54, 1.807) is 12.4 Å². The van der Waals surface area contributed by atoms with Crippen LogP contribution < -0.4 is 10.2 Å². The van der Waals surface area contributed by atoms with Crippen molar-refractivity contribution in [3.63, 3.8) is 0 Å². The molecule has 0 aromatic carbocycles. The van der Waals surface area contributed by atoms with Crippen LogP contribution in [0.4, 0.5) is 5.95 Å². The zero-order chi connectivity index (χ0) is 16.5. The van der Waals surface area contributed by atoms with Gasteiger partial charge < -0.3 is 10.2 Å². The van der Waals surface area contributed by atoms with Crippen LogP contribution in [0.1, 0.15) is 33.1 Å². The van der Waals surface area contributed by atoms with Crippen molar-refractivity contribution in [2.75, 3.05) is 44.2 Å². The smallest absolute Gasteiger partial charge is 0.225 e. The first-order chi connectivity index (χ1) is 11.1. The van der Waals surface area contributed by atoms with Crippen molar-refractivity contribution in [1.82, 2.24) is 20.2 Å². The summed E-state index contributed by atoms with van der Waals surface area (Å²) in [5.41, 5.74) is 0. The van der Waals surface area contributed by atoms with Gasteiger partial charge in [-0.15, -0.1) is 0 Å². The molecular formula is C17H29N5O. The topological polar surface area (TPSA) is 61.4 Å². The molecule has 2 heterocycles. The number of hydrogen-bond donors (Lipinski definition) is 1. The number of carbonyl (C=O) groups is 1. The number of nitrogens with zero attached hydrogens (tertiary/aromatic N) is 4.